The summed E-state index contributed by atoms with van der Waals surface area (Å²) in [7, 11) is 1.62. The molecule has 0 aromatic heterocycles. The maximum Gasteiger partial charge on any atom is 0.329 e. The third-order valence-corrected chi connectivity index (χ3v) is 6.55. The van der Waals surface area contributed by atoms with Crippen LogP contribution in [-0.4, -0.2) is 72.3 Å². The summed E-state index contributed by atoms with van der Waals surface area (Å²) in [5.41, 5.74) is 3.02. The summed E-state index contributed by atoms with van der Waals surface area (Å²) in [6, 6.07) is 7.42. The van der Waals surface area contributed by atoms with Crippen molar-refractivity contribution < 1.29 is 29.0 Å². The second kappa shape index (κ2) is 13.2. The summed E-state index contributed by atoms with van der Waals surface area (Å²) in [5.74, 6) is -1.80. The molecule has 0 bridgehead atoms. The Hall–Kier alpha value is -3.23. The predicted molar refractivity (Wildman–Crippen MR) is 136 cm³/mol. The number of amides is 1. The van der Waals surface area contributed by atoms with Gasteiger partial charge in [0.2, 0.25) is 5.91 Å². The number of carboxylic acids is 1. The third kappa shape index (κ3) is 7.15. The zero-order chi connectivity index (χ0) is 26.1. The van der Waals surface area contributed by atoms with Crippen LogP contribution in [0.1, 0.15) is 38.7 Å². The van der Waals surface area contributed by atoms with E-state index in [0.717, 1.165) is 23.1 Å². The van der Waals surface area contributed by atoms with E-state index in [1.807, 2.05) is 54.6 Å². The van der Waals surface area contributed by atoms with Crippen LogP contribution in [0.15, 0.2) is 65.8 Å². The average Bonchev–Trinajstić information content (AvgIpc) is 3.09. The molecule has 1 aliphatic carbocycles. The van der Waals surface area contributed by atoms with Crippen molar-refractivity contribution >= 4 is 17.8 Å². The molecule has 8 nitrogen and oxygen atoms in total. The van der Waals surface area contributed by atoms with E-state index in [-0.39, 0.29) is 25.2 Å². The molecule has 1 heterocycles. The Kier molecular flexibility index (Phi) is 10.0. The van der Waals surface area contributed by atoms with Crippen LogP contribution in [-0.2, 0) is 30.3 Å². The highest BCUT2D eigenvalue weighted by Crippen LogP contribution is 2.29. The molecule has 0 spiro atoms. The van der Waals surface area contributed by atoms with Crippen molar-refractivity contribution in [1.29, 1.82) is 0 Å². The standard InChI is InChI=1S/C28H36N2O6/c1-4-36-28(34)25-17-21-13-15-23(35-3)16-14-22(21)18-30(25)26(31)19(2)29-24(27(32)33)12-8-11-20-9-6-5-7-10-20/h5-7,9-10,13-16,19,23-25,29H,4,8,11-12,17-18H2,1-3H3,(H,32,33). The largest absolute Gasteiger partial charge is 0.480 e. The fourth-order valence-electron chi connectivity index (χ4n) is 4.56. The highest BCUT2D eigenvalue weighted by atomic mass is 16.5. The molecule has 1 aromatic carbocycles. The minimum absolute atomic E-state index is 0.186. The lowest BCUT2D eigenvalue weighted by atomic mass is 9.93. The molecule has 36 heavy (non-hydrogen) atoms. The van der Waals surface area contributed by atoms with Crippen LogP contribution in [0.3, 0.4) is 0 Å². The Morgan fingerprint density at radius 1 is 1.14 bits per heavy atom. The number of hydrogen-bond donors (Lipinski definition) is 2. The fourth-order valence-corrected chi connectivity index (χ4v) is 4.56. The number of benzene rings is 1. The summed E-state index contributed by atoms with van der Waals surface area (Å²) in [6.07, 6.45) is 9.61. The molecule has 194 valence electrons. The van der Waals surface area contributed by atoms with Crippen LogP contribution in [0, 0.1) is 0 Å². The Labute approximate surface area is 212 Å². The maximum absolute atomic E-state index is 13.5. The van der Waals surface area contributed by atoms with Crippen molar-refractivity contribution in [3.63, 3.8) is 0 Å². The smallest absolute Gasteiger partial charge is 0.329 e. The van der Waals surface area contributed by atoms with Crippen LogP contribution in [0.4, 0.5) is 0 Å². The molecule has 2 aliphatic rings. The lowest BCUT2D eigenvalue weighted by Gasteiger charge is -2.37. The Balaban J connectivity index is 1.71. The number of carboxylic acid groups (broad SMARTS) is 1. The minimum atomic E-state index is -1.00. The van der Waals surface area contributed by atoms with Gasteiger partial charge >= 0.3 is 11.9 Å². The first kappa shape index (κ1) is 27.4. The lowest BCUT2D eigenvalue weighted by Crippen LogP contribution is -2.56. The third-order valence-electron chi connectivity index (χ3n) is 6.55. The zero-order valence-corrected chi connectivity index (χ0v) is 21.2. The molecule has 2 N–H and O–H groups in total. The fraction of sp³-hybridized carbons (Fsp3) is 0.464. The van der Waals surface area contributed by atoms with E-state index in [1.165, 1.54) is 4.90 Å². The number of carbonyl (C=O) groups is 3. The molecule has 1 aromatic rings. The molecule has 8 heteroatoms. The van der Waals surface area contributed by atoms with Gasteiger partial charge in [-0.2, -0.15) is 0 Å². The Morgan fingerprint density at radius 2 is 1.83 bits per heavy atom. The number of carbonyl (C=O) groups excluding carboxylic acids is 2. The minimum Gasteiger partial charge on any atom is -0.480 e. The van der Waals surface area contributed by atoms with E-state index in [9.17, 15) is 19.5 Å². The van der Waals surface area contributed by atoms with Crippen LogP contribution in [0.2, 0.25) is 0 Å². The summed E-state index contributed by atoms with van der Waals surface area (Å²) < 4.78 is 10.7. The number of hydrogen-bond acceptors (Lipinski definition) is 6. The Bertz CT molecular complexity index is 1020. The van der Waals surface area contributed by atoms with E-state index in [4.69, 9.17) is 9.47 Å². The van der Waals surface area contributed by atoms with Gasteiger partial charge in [-0.1, -0.05) is 54.6 Å². The molecule has 0 saturated heterocycles. The molecule has 0 fully saturated rings. The number of aliphatic carboxylic acids is 1. The van der Waals surface area contributed by atoms with Gasteiger partial charge in [0.15, 0.2) is 0 Å². The summed E-state index contributed by atoms with van der Waals surface area (Å²) >= 11 is 0. The number of allylic oxidation sites excluding steroid dienone is 1. The predicted octanol–water partition coefficient (Wildman–Crippen LogP) is 3.04. The highest BCUT2D eigenvalue weighted by molar-refractivity contribution is 5.89. The van der Waals surface area contributed by atoms with Gasteiger partial charge < -0.3 is 19.5 Å². The number of nitrogens with one attached hydrogen (secondary N) is 1. The molecule has 0 radical (unpaired) electrons. The maximum atomic E-state index is 13.5. The quantitative estimate of drug-likeness (QED) is 0.454. The second-order valence-corrected chi connectivity index (χ2v) is 9.06. The van der Waals surface area contributed by atoms with Crippen molar-refractivity contribution in [1.82, 2.24) is 10.2 Å². The molecule has 1 aliphatic heterocycles. The highest BCUT2D eigenvalue weighted by Gasteiger charge is 2.38. The normalized spacial score (nSPS) is 20.9. The van der Waals surface area contributed by atoms with E-state index in [1.54, 1.807) is 21.0 Å². The van der Waals surface area contributed by atoms with Gasteiger partial charge in [-0.05, 0) is 49.8 Å². The zero-order valence-electron chi connectivity index (χ0n) is 21.2. The first-order chi connectivity index (χ1) is 17.3. The lowest BCUT2D eigenvalue weighted by molar-refractivity contribution is -0.155. The van der Waals surface area contributed by atoms with E-state index in [2.05, 4.69) is 5.32 Å². The Morgan fingerprint density at radius 3 is 2.47 bits per heavy atom. The number of aryl methyl sites for hydroxylation is 1. The van der Waals surface area contributed by atoms with Crippen LogP contribution < -0.4 is 5.32 Å². The van der Waals surface area contributed by atoms with Gasteiger partial charge in [0.25, 0.3) is 0 Å². The number of nitrogens with zero attached hydrogens (tertiary/aromatic N) is 1. The van der Waals surface area contributed by atoms with Crippen LogP contribution in [0.5, 0.6) is 0 Å². The van der Waals surface area contributed by atoms with Gasteiger partial charge in [0.1, 0.15) is 12.1 Å². The summed E-state index contributed by atoms with van der Waals surface area (Å²) in [4.78, 5) is 39.8. The van der Waals surface area contributed by atoms with Gasteiger partial charge in [-0.25, -0.2) is 4.79 Å². The topological polar surface area (TPSA) is 105 Å². The second-order valence-electron chi connectivity index (χ2n) is 9.06. The van der Waals surface area contributed by atoms with Crippen molar-refractivity contribution in [2.75, 3.05) is 20.3 Å². The first-order valence-electron chi connectivity index (χ1n) is 12.4. The van der Waals surface area contributed by atoms with E-state index in [0.29, 0.717) is 19.3 Å². The molecule has 0 saturated carbocycles. The molecule has 3 rings (SSSR count). The monoisotopic (exact) mass is 496 g/mol. The molecule has 1 amide bonds. The number of ether oxygens (including phenoxy) is 2. The van der Waals surface area contributed by atoms with Crippen molar-refractivity contribution in [2.45, 2.75) is 63.8 Å². The number of esters is 1. The van der Waals surface area contributed by atoms with Crippen molar-refractivity contribution in [3.8, 4) is 0 Å². The van der Waals surface area contributed by atoms with Gasteiger partial charge in [-0.15, -0.1) is 0 Å². The average molecular weight is 497 g/mol. The van der Waals surface area contributed by atoms with Gasteiger partial charge in [-0.3, -0.25) is 14.9 Å². The van der Waals surface area contributed by atoms with Crippen LogP contribution >= 0.6 is 0 Å². The van der Waals surface area contributed by atoms with Gasteiger partial charge in [0, 0.05) is 20.1 Å². The number of methoxy groups -OCH3 is 1. The first-order valence-corrected chi connectivity index (χ1v) is 12.4. The van der Waals surface area contributed by atoms with Crippen molar-refractivity contribution in [3.05, 3.63) is 71.3 Å². The SMILES string of the molecule is CCOC(=O)C1CC2=C(C=CC(OC)C=C2)CN1C(=O)C(C)NC(CCCc1ccccc1)C(=O)O. The van der Waals surface area contributed by atoms with Crippen LogP contribution in [0.25, 0.3) is 0 Å². The molecular weight excluding hydrogens is 460 g/mol. The summed E-state index contributed by atoms with van der Waals surface area (Å²) in [5, 5.41) is 12.7. The van der Waals surface area contributed by atoms with Gasteiger partial charge in [0.05, 0.1) is 18.8 Å². The molecule has 4 atom stereocenters. The van der Waals surface area contributed by atoms with E-state index >= 15 is 0 Å². The number of rotatable bonds is 11. The summed E-state index contributed by atoms with van der Waals surface area (Å²) in [6.45, 7) is 3.81. The molecule has 4 unspecified atom stereocenters. The van der Waals surface area contributed by atoms with E-state index < -0.39 is 30.1 Å². The van der Waals surface area contributed by atoms with Crippen molar-refractivity contribution in [2.24, 2.45) is 0 Å². The molecular formula is C28H36N2O6.